The van der Waals surface area contributed by atoms with Gasteiger partial charge in [-0.2, -0.15) is 0 Å². The Morgan fingerprint density at radius 1 is 1.06 bits per heavy atom. The van der Waals surface area contributed by atoms with Gasteiger partial charge in [-0.05, 0) is 47.8 Å². The average Bonchev–Trinajstić information content (AvgIpc) is 2.30. The number of aryl methyl sites for hydroxylation is 2. The summed E-state index contributed by atoms with van der Waals surface area (Å²) in [5, 5.41) is 0.504. The summed E-state index contributed by atoms with van der Waals surface area (Å²) < 4.78 is 0. The lowest BCUT2D eigenvalue weighted by Gasteiger charge is -2.24. The zero-order valence-corrected chi connectivity index (χ0v) is 12.8. The lowest BCUT2D eigenvalue weighted by Crippen LogP contribution is -2.28. The summed E-state index contributed by atoms with van der Waals surface area (Å²) in [6.45, 7) is 8.92. The first-order valence-electron chi connectivity index (χ1n) is 6.36. The van der Waals surface area contributed by atoms with E-state index >= 15 is 0 Å². The van der Waals surface area contributed by atoms with Crippen molar-refractivity contribution in [3.8, 4) is 0 Å². The van der Waals surface area contributed by atoms with Crippen molar-refractivity contribution in [2.45, 2.75) is 27.2 Å². The van der Waals surface area contributed by atoms with E-state index in [1.165, 1.54) is 0 Å². The Hall–Kier alpha value is -0.870. The Balaban J connectivity index is 2.78. The highest BCUT2D eigenvalue weighted by Crippen LogP contribution is 2.22. The molecule has 0 aromatic carbocycles. The summed E-state index contributed by atoms with van der Waals surface area (Å²) in [7, 11) is 4.16. The van der Waals surface area contributed by atoms with E-state index in [0.717, 1.165) is 43.3 Å². The van der Waals surface area contributed by atoms with Crippen molar-refractivity contribution in [2.75, 3.05) is 38.6 Å². The molecular weight excluding hydrogens is 248 g/mol. The van der Waals surface area contributed by atoms with Crippen LogP contribution in [-0.2, 0) is 0 Å². The van der Waals surface area contributed by atoms with Crippen LogP contribution in [0.25, 0.3) is 0 Å². The molecule has 1 aromatic rings. The van der Waals surface area contributed by atoms with Crippen LogP contribution in [0.4, 0.5) is 5.82 Å². The molecule has 0 fully saturated rings. The number of hydrogen-bond donors (Lipinski definition) is 0. The van der Waals surface area contributed by atoms with Gasteiger partial charge in [-0.15, -0.1) is 0 Å². The van der Waals surface area contributed by atoms with E-state index in [2.05, 4.69) is 40.8 Å². The van der Waals surface area contributed by atoms with Crippen molar-refractivity contribution < 1.29 is 0 Å². The van der Waals surface area contributed by atoms with E-state index in [-0.39, 0.29) is 0 Å². The SMILES string of the molecule is CCN(CCCN(C)C)c1nc(C)c(C)nc1Cl. The highest BCUT2D eigenvalue weighted by Gasteiger charge is 2.13. The van der Waals surface area contributed by atoms with Crippen LogP contribution < -0.4 is 4.90 Å². The summed E-state index contributed by atoms with van der Waals surface area (Å²) in [6.07, 6.45) is 1.09. The topological polar surface area (TPSA) is 32.3 Å². The predicted molar refractivity (Wildman–Crippen MR) is 77.6 cm³/mol. The van der Waals surface area contributed by atoms with E-state index in [4.69, 9.17) is 11.6 Å². The Kier molecular flexibility index (Phi) is 5.82. The van der Waals surface area contributed by atoms with Gasteiger partial charge in [0.1, 0.15) is 0 Å². The molecule has 0 unspecified atom stereocenters. The number of halogens is 1. The number of anilines is 1. The molecule has 0 aliphatic heterocycles. The van der Waals surface area contributed by atoms with Crippen molar-refractivity contribution in [3.63, 3.8) is 0 Å². The minimum atomic E-state index is 0.504. The molecule has 0 saturated carbocycles. The second-order valence-electron chi connectivity index (χ2n) is 4.75. The quantitative estimate of drug-likeness (QED) is 0.795. The van der Waals surface area contributed by atoms with Gasteiger partial charge in [0.25, 0.3) is 0 Å². The molecule has 0 atom stereocenters. The Bertz CT molecular complexity index is 393. The monoisotopic (exact) mass is 270 g/mol. The molecule has 0 radical (unpaired) electrons. The summed E-state index contributed by atoms with van der Waals surface area (Å²) in [5.41, 5.74) is 1.84. The highest BCUT2D eigenvalue weighted by atomic mass is 35.5. The van der Waals surface area contributed by atoms with Gasteiger partial charge in [0.05, 0.1) is 11.4 Å². The number of aromatic nitrogens is 2. The minimum Gasteiger partial charge on any atom is -0.354 e. The van der Waals surface area contributed by atoms with Crippen molar-refractivity contribution >= 4 is 17.4 Å². The van der Waals surface area contributed by atoms with E-state index < -0.39 is 0 Å². The van der Waals surface area contributed by atoms with E-state index in [9.17, 15) is 0 Å². The maximum Gasteiger partial charge on any atom is 0.171 e. The van der Waals surface area contributed by atoms with E-state index in [1.54, 1.807) is 0 Å². The molecule has 0 bridgehead atoms. The van der Waals surface area contributed by atoms with Crippen LogP contribution in [-0.4, -0.2) is 48.6 Å². The first-order chi connectivity index (χ1) is 8.45. The third-order valence-corrected chi connectivity index (χ3v) is 3.22. The van der Waals surface area contributed by atoms with Crippen LogP contribution in [0.3, 0.4) is 0 Å². The summed E-state index contributed by atoms with van der Waals surface area (Å²) in [4.78, 5) is 13.3. The van der Waals surface area contributed by atoms with Crippen LogP contribution in [0.5, 0.6) is 0 Å². The molecule has 1 heterocycles. The van der Waals surface area contributed by atoms with Gasteiger partial charge in [-0.3, -0.25) is 0 Å². The molecule has 0 aliphatic carbocycles. The van der Waals surface area contributed by atoms with Gasteiger partial charge < -0.3 is 9.80 Å². The summed E-state index contributed by atoms with van der Waals surface area (Å²) in [5.74, 6) is 0.807. The van der Waals surface area contributed by atoms with Gasteiger partial charge in [-0.1, -0.05) is 11.6 Å². The fraction of sp³-hybridized carbons (Fsp3) is 0.692. The maximum atomic E-state index is 6.19. The molecular formula is C13H23ClN4. The van der Waals surface area contributed by atoms with Crippen molar-refractivity contribution in [1.29, 1.82) is 0 Å². The van der Waals surface area contributed by atoms with Crippen LogP contribution >= 0.6 is 11.6 Å². The highest BCUT2D eigenvalue weighted by molar-refractivity contribution is 6.31. The van der Waals surface area contributed by atoms with E-state index in [0.29, 0.717) is 5.15 Å². The Morgan fingerprint density at radius 2 is 1.67 bits per heavy atom. The van der Waals surface area contributed by atoms with Crippen molar-refractivity contribution in [2.24, 2.45) is 0 Å². The maximum absolute atomic E-state index is 6.19. The van der Waals surface area contributed by atoms with Crippen molar-refractivity contribution in [3.05, 3.63) is 16.5 Å². The predicted octanol–water partition coefficient (Wildman–Crippen LogP) is 2.52. The van der Waals surface area contributed by atoms with Gasteiger partial charge in [-0.25, -0.2) is 9.97 Å². The van der Waals surface area contributed by atoms with Crippen LogP contribution in [0.15, 0.2) is 0 Å². The molecule has 0 saturated heterocycles. The van der Waals surface area contributed by atoms with Gasteiger partial charge in [0.15, 0.2) is 11.0 Å². The first kappa shape index (κ1) is 15.2. The third-order valence-electron chi connectivity index (χ3n) is 2.96. The fourth-order valence-corrected chi connectivity index (χ4v) is 2.05. The molecule has 1 aromatic heterocycles. The molecule has 102 valence electrons. The third kappa shape index (κ3) is 4.10. The second-order valence-corrected chi connectivity index (χ2v) is 5.10. The van der Waals surface area contributed by atoms with E-state index in [1.807, 2.05) is 13.8 Å². The largest absolute Gasteiger partial charge is 0.354 e. The zero-order valence-electron chi connectivity index (χ0n) is 12.0. The standard InChI is InChI=1S/C13H23ClN4/c1-6-18(9-7-8-17(4)5)13-12(14)15-10(2)11(3)16-13/h6-9H2,1-5H3. The number of rotatable bonds is 6. The Morgan fingerprint density at radius 3 is 2.22 bits per heavy atom. The smallest absolute Gasteiger partial charge is 0.171 e. The van der Waals surface area contributed by atoms with Crippen LogP contribution in [0.1, 0.15) is 24.7 Å². The second kappa shape index (κ2) is 6.90. The summed E-state index contributed by atoms with van der Waals surface area (Å²) >= 11 is 6.19. The summed E-state index contributed by atoms with van der Waals surface area (Å²) in [6, 6.07) is 0. The van der Waals surface area contributed by atoms with Gasteiger partial charge in [0, 0.05) is 13.1 Å². The molecule has 0 aliphatic rings. The van der Waals surface area contributed by atoms with Crippen molar-refractivity contribution in [1.82, 2.24) is 14.9 Å². The lowest BCUT2D eigenvalue weighted by molar-refractivity contribution is 0.400. The average molecular weight is 271 g/mol. The van der Waals surface area contributed by atoms with Crippen LogP contribution in [0, 0.1) is 13.8 Å². The molecule has 4 nitrogen and oxygen atoms in total. The molecule has 1 rings (SSSR count). The molecule has 18 heavy (non-hydrogen) atoms. The number of nitrogens with zero attached hydrogens (tertiary/aromatic N) is 4. The van der Waals surface area contributed by atoms with Gasteiger partial charge >= 0.3 is 0 Å². The molecule has 0 amide bonds. The minimum absolute atomic E-state index is 0.504. The normalized spacial score (nSPS) is 11.1. The molecule has 0 N–H and O–H groups in total. The number of hydrogen-bond acceptors (Lipinski definition) is 4. The lowest BCUT2D eigenvalue weighted by atomic mass is 10.3. The fourth-order valence-electron chi connectivity index (χ4n) is 1.76. The van der Waals surface area contributed by atoms with Crippen LogP contribution in [0.2, 0.25) is 5.15 Å². The molecule has 0 spiro atoms. The molecule has 5 heteroatoms. The first-order valence-corrected chi connectivity index (χ1v) is 6.74. The zero-order chi connectivity index (χ0) is 13.7. The Labute approximate surface area is 115 Å². The van der Waals surface area contributed by atoms with Gasteiger partial charge in [0.2, 0.25) is 0 Å².